The SMILES string of the molecule is Nc1cn[nH]c1C(=O)Oc1ccc(Cl)cc1. The van der Waals surface area contributed by atoms with Gasteiger partial charge in [0.1, 0.15) is 5.75 Å². The molecule has 82 valence electrons. The minimum atomic E-state index is -0.586. The number of rotatable bonds is 2. The summed E-state index contributed by atoms with van der Waals surface area (Å²) in [5, 5.41) is 6.66. The normalized spacial score (nSPS) is 10.1. The van der Waals surface area contributed by atoms with Crippen LogP contribution < -0.4 is 10.5 Å². The van der Waals surface area contributed by atoms with Gasteiger partial charge in [-0.25, -0.2) is 4.79 Å². The van der Waals surface area contributed by atoms with Crippen molar-refractivity contribution in [1.29, 1.82) is 0 Å². The largest absolute Gasteiger partial charge is 0.422 e. The molecule has 0 atom stereocenters. The van der Waals surface area contributed by atoms with E-state index in [4.69, 9.17) is 22.1 Å². The van der Waals surface area contributed by atoms with Crippen LogP contribution in [0.2, 0.25) is 5.02 Å². The molecular formula is C10H8ClN3O2. The average molecular weight is 238 g/mol. The van der Waals surface area contributed by atoms with Gasteiger partial charge in [-0.2, -0.15) is 5.10 Å². The molecule has 1 aromatic heterocycles. The standard InChI is InChI=1S/C10H8ClN3O2/c11-6-1-3-7(4-2-6)16-10(15)9-8(12)5-13-14-9/h1-5H,12H2,(H,13,14). The third-order valence-corrected chi connectivity index (χ3v) is 2.15. The van der Waals surface area contributed by atoms with E-state index in [1.54, 1.807) is 24.3 Å². The highest BCUT2D eigenvalue weighted by Crippen LogP contribution is 2.17. The minimum absolute atomic E-state index is 0.134. The lowest BCUT2D eigenvalue weighted by Crippen LogP contribution is -2.11. The van der Waals surface area contributed by atoms with Crippen LogP contribution in [0.4, 0.5) is 5.69 Å². The highest BCUT2D eigenvalue weighted by Gasteiger charge is 2.13. The first-order valence-electron chi connectivity index (χ1n) is 4.43. The Morgan fingerprint density at radius 3 is 2.62 bits per heavy atom. The molecular weight excluding hydrogens is 230 g/mol. The van der Waals surface area contributed by atoms with Crippen LogP contribution in [-0.4, -0.2) is 16.2 Å². The molecule has 0 aliphatic rings. The Labute approximate surface area is 96.2 Å². The molecule has 0 radical (unpaired) electrons. The van der Waals surface area contributed by atoms with Crippen LogP contribution in [-0.2, 0) is 0 Å². The fourth-order valence-electron chi connectivity index (χ4n) is 1.12. The van der Waals surface area contributed by atoms with Crippen molar-refractivity contribution in [3.8, 4) is 5.75 Å². The fourth-order valence-corrected chi connectivity index (χ4v) is 1.25. The number of esters is 1. The monoisotopic (exact) mass is 237 g/mol. The Kier molecular flexibility index (Phi) is 2.78. The number of hydrogen-bond donors (Lipinski definition) is 2. The summed E-state index contributed by atoms with van der Waals surface area (Å²) in [5.41, 5.74) is 5.89. The second-order valence-corrected chi connectivity index (χ2v) is 3.48. The lowest BCUT2D eigenvalue weighted by atomic mass is 10.3. The number of benzene rings is 1. The number of aromatic nitrogens is 2. The summed E-state index contributed by atoms with van der Waals surface area (Å²) in [6, 6.07) is 6.43. The molecule has 0 amide bonds. The van der Waals surface area contributed by atoms with Gasteiger partial charge in [-0.15, -0.1) is 0 Å². The molecule has 0 saturated carbocycles. The molecule has 0 unspecified atom stereocenters. The highest BCUT2D eigenvalue weighted by molar-refractivity contribution is 6.30. The Balaban J connectivity index is 2.14. The minimum Gasteiger partial charge on any atom is -0.422 e. The van der Waals surface area contributed by atoms with Crippen molar-refractivity contribution in [3.63, 3.8) is 0 Å². The van der Waals surface area contributed by atoms with Crippen molar-refractivity contribution < 1.29 is 9.53 Å². The van der Waals surface area contributed by atoms with Gasteiger partial charge in [0, 0.05) is 5.02 Å². The molecule has 2 rings (SSSR count). The van der Waals surface area contributed by atoms with Gasteiger partial charge in [0.2, 0.25) is 0 Å². The van der Waals surface area contributed by atoms with Crippen molar-refractivity contribution in [2.45, 2.75) is 0 Å². The number of carbonyl (C=O) groups excluding carboxylic acids is 1. The highest BCUT2D eigenvalue weighted by atomic mass is 35.5. The van der Waals surface area contributed by atoms with Gasteiger partial charge < -0.3 is 10.5 Å². The summed E-state index contributed by atoms with van der Waals surface area (Å²) in [6.07, 6.45) is 1.35. The lowest BCUT2D eigenvalue weighted by Gasteiger charge is -2.02. The van der Waals surface area contributed by atoms with Crippen molar-refractivity contribution in [3.05, 3.63) is 41.2 Å². The number of H-pyrrole nitrogens is 1. The van der Waals surface area contributed by atoms with Crippen molar-refractivity contribution in [2.75, 3.05) is 5.73 Å². The Hall–Kier alpha value is -2.01. The third-order valence-electron chi connectivity index (χ3n) is 1.90. The lowest BCUT2D eigenvalue weighted by molar-refractivity contribution is 0.0729. The maximum absolute atomic E-state index is 11.6. The first kappa shape index (κ1) is 10.5. The molecule has 0 saturated heterocycles. The molecule has 3 N–H and O–H groups in total. The molecule has 5 nitrogen and oxygen atoms in total. The number of hydrogen-bond acceptors (Lipinski definition) is 4. The summed E-state index contributed by atoms with van der Waals surface area (Å²) in [4.78, 5) is 11.6. The van der Waals surface area contributed by atoms with E-state index in [9.17, 15) is 4.79 Å². The summed E-state index contributed by atoms with van der Waals surface area (Å²) in [5.74, 6) is -0.194. The van der Waals surface area contributed by atoms with E-state index in [1.807, 2.05) is 0 Å². The van der Waals surface area contributed by atoms with Gasteiger partial charge >= 0.3 is 5.97 Å². The van der Waals surface area contributed by atoms with Crippen LogP contribution in [0.5, 0.6) is 5.75 Å². The number of nitrogens with zero attached hydrogens (tertiary/aromatic N) is 1. The molecule has 0 spiro atoms. The summed E-state index contributed by atoms with van der Waals surface area (Å²) in [7, 11) is 0. The van der Waals surface area contributed by atoms with Crippen molar-refractivity contribution >= 4 is 23.3 Å². The molecule has 1 aromatic carbocycles. The number of nitrogens with one attached hydrogen (secondary N) is 1. The maximum Gasteiger partial charge on any atom is 0.363 e. The smallest absolute Gasteiger partial charge is 0.363 e. The van der Waals surface area contributed by atoms with Crippen LogP contribution in [0.25, 0.3) is 0 Å². The maximum atomic E-state index is 11.6. The molecule has 1 heterocycles. The topological polar surface area (TPSA) is 81.0 Å². The Morgan fingerprint density at radius 1 is 1.38 bits per heavy atom. The first-order chi connectivity index (χ1) is 7.66. The zero-order chi connectivity index (χ0) is 11.5. The van der Waals surface area contributed by atoms with Crippen LogP contribution in [0, 0.1) is 0 Å². The zero-order valence-electron chi connectivity index (χ0n) is 8.11. The second kappa shape index (κ2) is 4.24. The van der Waals surface area contributed by atoms with Crippen LogP contribution in [0.15, 0.2) is 30.5 Å². The molecule has 16 heavy (non-hydrogen) atoms. The fraction of sp³-hybridized carbons (Fsp3) is 0. The van der Waals surface area contributed by atoms with E-state index in [0.717, 1.165) is 0 Å². The first-order valence-corrected chi connectivity index (χ1v) is 4.81. The van der Waals surface area contributed by atoms with Gasteiger partial charge in [-0.3, -0.25) is 5.10 Å². The number of aromatic amines is 1. The molecule has 0 bridgehead atoms. The molecule has 0 aliphatic carbocycles. The van der Waals surface area contributed by atoms with Gasteiger partial charge in [-0.1, -0.05) is 11.6 Å². The number of anilines is 1. The Morgan fingerprint density at radius 2 is 2.06 bits per heavy atom. The summed E-state index contributed by atoms with van der Waals surface area (Å²) in [6.45, 7) is 0. The number of nitrogen functional groups attached to an aromatic ring is 1. The molecule has 0 aliphatic heterocycles. The predicted molar refractivity (Wildman–Crippen MR) is 59.4 cm³/mol. The Bertz CT molecular complexity index is 507. The van der Waals surface area contributed by atoms with Gasteiger partial charge in [0.05, 0.1) is 11.9 Å². The van der Waals surface area contributed by atoms with E-state index < -0.39 is 5.97 Å². The third kappa shape index (κ3) is 2.14. The number of ether oxygens (including phenoxy) is 1. The van der Waals surface area contributed by atoms with E-state index in [1.165, 1.54) is 6.20 Å². The average Bonchev–Trinajstić information content (AvgIpc) is 2.68. The van der Waals surface area contributed by atoms with Crippen molar-refractivity contribution in [2.24, 2.45) is 0 Å². The quantitative estimate of drug-likeness (QED) is 0.617. The van der Waals surface area contributed by atoms with Crippen LogP contribution in [0.3, 0.4) is 0 Å². The predicted octanol–water partition coefficient (Wildman–Crippen LogP) is 1.86. The molecule has 6 heteroatoms. The zero-order valence-corrected chi connectivity index (χ0v) is 8.86. The van der Waals surface area contributed by atoms with Crippen molar-refractivity contribution in [1.82, 2.24) is 10.2 Å². The second-order valence-electron chi connectivity index (χ2n) is 3.04. The number of nitrogens with two attached hydrogens (primary N) is 1. The van der Waals surface area contributed by atoms with Crippen LogP contribution >= 0.6 is 11.6 Å². The van der Waals surface area contributed by atoms with Gasteiger partial charge in [0.15, 0.2) is 5.69 Å². The summed E-state index contributed by atoms with van der Waals surface area (Å²) >= 11 is 5.70. The molecule has 0 fully saturated rings. The molecule has 2 aromatic rings. The van der Waals surface area contributed by atoms with E-state index in [-0.39, 0.29) is 11.4 Å². The van der Waals surface area contributed by atoms with E-state index in [2.05, 4.69) is 10.2 Å². The number of halogens is 1. The van der Waals surface area contributed by atoms with Gasteiger partial charge in [0.25, 0.3) is 0 Å². The van der Waals surface area contributed by atoms with Crippen LogP contribution in [0.1, 0.15) is 10.5 Å². The van der Waals surface area contributed by atoms with E-state index >= 15 is 0 Å². The number of carbonyl (C=O) groups is 1. The van der Waals surface area contributed by atoms with E-state index in [0.29, 0.717) is 10.8 Å². The summed E-state index contributed by atoms with van der Waals surface area (Å²) < 4.78 is 5.05. The van der Waals surface area contributed by atoms with Gasteiger partial charge in [-0.05, 0) is 24.3 Å².